The Morgan fingerprint density at radius 1 is 1.09 bits per heavy atom. The molecule has 8 nitrogen and oxygen atoms in total. The average Bonchev–Trinajstić information content (AvgIpc) is 2.80. The number of thioether (sulfide) groups is 1. The second kappa shape index (κ2) is 15.7. The molecule has 0 saturated carbocycles. The topological polar surface area (TPSA) is 125 Å². The van der Waals surface area contributed by atoms with Gasteiger partial charge in [0.2, 0.25) is 11.8 Å². The summed E-state index contributed by atoms with van der Waals surface area (Å²) >= 11 is 1.70. The van der Waals surface area contributed by atoms with Crippen LogP contribution in [0.4, 0.5) is 0 Å². The number of amides is 2. The first-order chi connectivity index (χ1) is 15.7. The Bertz CT molecular complexity index is 729. The first-order valence-electron chi connectivity index (χ1n) is 11.3. The van der Waals surface area contributed by atoms with Crippen molar-refractivity contribution in [1.29, 1.82) is 0 Å². The normalized spacial score (nSPS) is 13.1. The van der Waals surface area contributed by atoms with Crippen molar-refractivity contribution in [3.05, 3.63) is 35.9 Å². The molecule has 4 N–H and O–H groups in total. The molecular weight excluding hydrogens is 444 g/mol. The summed E-state index contributed by atoms with van der Waals surface area (Å²) in [7, 11) is 0. The zero-order chi connectivity index (χ0) is 24.7. The van der Waals surface area contributed by atoms with Crippen LogP contribution >= 0.6 is 11.8 Å². The van der Waals surface area contributed by atoms with Gasteiger partial charge in [0.25, 0.3) is 0 Å². The van der Waals surface area contributed by atoms with Crippen LogP contribution in [0.5, 0.6) is 0 Å². The van der Waals surface area contributed by atoms with Crippen LogP contribution in [-0.4, -0.2) is 71.9 Å². The fourth-order valence-electron chi connectivity index (χ4n) is 3.05. The largest absolute Gasteiger partial charge is 0.466 e. The molecule has 2 unspecified atom stereocenters. The maximum Gasteiger partial charge on any atom is 0.306 e. The summed E-state index contributed by atoms with van der Waals surface area (Å²) in [4.78, 5) is 35.8. The van der Waals surface area contributed by atoms with E-state index in [1.165, 1.54) is 0 Å². The molecular formula is C24H38N2O6S. The maximum atomic E-state index is 11.9. The van der Waals surface area contributed by atoms with Crippen LogP contribution in [0, 0.1) is 5.41 Å². The second-order valence-corrected chi connectivity index (χ2v) is 9.68. The number of nitrogens with one attached hydrogen (secondary N) is 2. The Kier molecular flexibility index (Phi) is 13.8. The lowest BCUT2D eigenvalue weighted by Crippen LogP contribution is -2.46. The summed E-state index contributed by atoms with van der Waals surface area (Å²) < 4.78 is 5.10. The highest BCUT2D eigenvalue weighted by Gasteiger charge is 2.32. The van der Waals surface area contributed by atoms with E-state index in [-0.39, 0.29) is 37.4 Å². The minimum Gasteiger partial charge on any atom is -0.466 e. The van der Waals surface area contributed by atoms with Gasteiger partial charge in [-0.15, -0.1) is 0 Å². The van der Waals surface area contributed by atoms with E-state index >= 15 is 0 Å². The molecule has 2 atom stereocenters. The summed E-state index contributed by atoms with van der Waals surface area (Å²) in [6, 6.07) is 9.93. The predicted molar refractivity (Wildman–Crippen MR) is 130 cm³/mol. The summed E-state index contributed by atoms with van der Waals surface area (Å²) in [6.45, 7) is 5.64. The van der Waals surface area contributed by atoms with E-state index in [4.69, 9.17) is 4.74 Å². The minimum absolute atomic E-state index is 0.0992. The highest BCUT2D eigenvalue weighted by Crippen LogP contribution is 2.25. The molecule has 1 rings (SSSR count). The number of benzene rings is 1. The lowest BCUT2D eigenvalue weighted by Gasteiger charge is -2.27. The van der Waals surface area contributed by atoms with Crippen molar-refractivity contribution in [3.8, 4) is 0 Å². The van der Waals surface area contributed by atoms with Gasteiger partial charge in [-0.1, -0.05) is 44.2 Å². The SMILES string of the molecule is CCOC(=O)CC(CCSCCNC(=O)CCNC(=O)C(O)C(C)(C)CO)c1ccccc1. The number of rotatable bonds is 16. The number of carbonyl (C=O) groups excluding carboxylic acids is 3. The van der Waals surface area contributed by atoms with Gasteiger partial charge >= 0.3 is 5.97 Å². The van der Waals surface area contributed by atoms with Gasteiger partial charge < -0.3 is 25.6 Å². The fraction of sp³-hybridized carbons (Fsp3) is 0.625. The van der Waals surface area contributed by atoms with Crippen LogP contribution in [-0.2, 0) is 19.1 Å². The molecule has 0 fully saturated rings. The van der Waals surface area contributed by atoms with Crippen molar-refractivity contribution in [3.63, 3.8) is 0 Å². The van der Waals surface area contributed by atoms with Crippen LogP contribution in [0.3, 0.4) is 0 Å². The van der Waals surface area contributed by atoms with Crippen molar-refractivity contribution in [2.24, 2.45) is 5.41 Å². The van der Waals surface area contributed by atoms with Crippen LogP contribution in [0.25, 0.3) is 0 Å². The predicted octanol–water partition coefficient (Wildman–Crippen LogP) is 1.85. The van der Waals surface area contributed by atoms with Crippen LogP contribution in [0.2, 0.25) is 0 Å². The Hall–Kier alpha value is -2.10. The molecule has 2 amide bonds. The van der Waals surface area contributed by atoms with Crippen LogP contribution in [0.1, 0.15) is 51.5 Å². The van der Waals surface area contributed by atoms with Crippen molar-refractivity contribution in [1.82, 2.24) is 10.6 Å². The highest BCUT2D eigenvalue weighted by atomic mass is 32.2. The third-order valence-corrected chi connectivity index (χ3v) is 6.23. The van der Waals surface area contributed by atoms with E-state index in [0.717, 1.165) is 23.5 Å². The summed E-state index contributed by atoms with van der Waals surface area (Å²) in [5.74, 6) is 0.709. The smallest absolute Gasteiger partial charge is 0.306 e. The fourth-order valence-corrected chi connectivity index (χ4v) is 3.95. The van der Waals surface area contributed by atoms with E-state index in [1.807, 2.05) is 30.3 Å². The van der Waals surface area contributed by atoms with Crippen molar-refractivity contribution in [2.45, 2.75) is 52.1 Å². The first-order valence-corrected chi connectivity index (χ1v) is 12.5. The molecule has 0 aliphatic rings. The molecule has 0 heterocycles. The molecule has 33 heavy (non-hydrogen) atoms. The minimum atomic E-state index is -1.34. The van der Waals surface area contributed by atoms with E-state index in [0.29, 0.717) is 19.6 Å². The molecule has 0 aliphatic carbocycles. The molecule has 0 saturated heterocycles. The zero-order valence-electron chi connectivity index (χ0n) is 19.8. The van der Waals surface area contributed by atoms with Crippen molar-refractivity contribution < 1.29 is 29.3 Å². The van der Waals surface area contributed by atoms with Gasteiger partial charge in [0.05, 0.1) is 19.6 Å². The molecule has 0 bridgehead atoms. The van der Waals surface area contributed by atoms with Crippen LogP contribution < -0.4 is 10.6 Å². The number of hydrogen-bond donors (Lipinski definition) is 4. The number of carbonyl (C=O) groups is 3. The van der Waals surface area contributed by atoms with E-state index in [2.05, 4.69) is 10.6 Å². The molecule has 0 radical (unpaired) electrons. The van der Waals surface area contributed by atoms with Gasteiger partial charge in [-0.2, -0.15) is 11.8 Å². The molecule has 1 aromatic carbocycles. The number of hydrogen-bond acceptors (Lipinski definition) is 7. The standard InChI is InChI=1S/C24H38N2O6S/c1-4-32-21(29)16-19(18-8-6-5-7-9-18)11-14-33-15-13-25-20(28)10-12-26-23(31)22(30)24(2,3)17-27/h5-9,19,22,27,30H,4,10-17H2,1-3H3,(H,25,28)(H,26,31). The third kappa shape index (κ3) is 11.5. The van der Waals surface area contributed by atoms with Gasteiger partial charge in [-0.05, 0) is 30.6 Å². The van der Waals surface area contributed by atoms with Crippen LogP contribution in [0.15, 0.2) is 30.3 Å². The van der Waals surface area contributed by atoms with Gasteiger partial charge in [0.15, 0.2) is 0 Å². The molecule has 0 aliphatic heterocycles. The molecule has 0 spiro atoms. The van der Waals surface area contributed by atoms with E-state index in [9.17, 15) is 24.6 Å². The van der Waals surface area contributed by atoms with Gasteiger partial charge in [-0.25, -0.2) is 0 Å². The van der Waals surface area contributed by atoms with Gasteiger partial charge in [-0.3, -0.25) is 14.4 Å². The highest BCUT2D eigenvalue weighted by molar-refractivity contribution is 7.99. The summed E-state index contributed by atoms with van der Waals surface area (Å²) in [5.41, 5.74) is 0.174. The lowest BCUT2D eigenvalue weighted by molar-refractivity contribution is -0.143. The van der Waals surface area contributed by atoms with Gasteiger partial charge in [0, 0.05) is 30.7 Å². The zero-order valence-corrected chi connectivity index (χ0v) is 20.7. The number of aliphatic hydroxyl groups is 2. The first kappa shape index (κ1) is 28.9. The quantitative estimate of drug-likeness (QED) is 0.209. The Labute approximate surface area is 200 Å². The average molecular weight is 483 g/mol. The van der Waals surface area contributed by atoms with Gasteiger partial charge in [0.1, 0.15) is 6.10 Å². The summed E-state index contributed by atoms with van der Waals surface area (Å²) in [6.07, 6.45) is -0.0471. The second-order valence-electron chi connectivity index (χ2n) is 8.46. The molecule has 186 valence electrons. The van der Waals surface area contributed by atoms with Crippen molar-refractivity contribution >= 4 is 29.5 Å². The van der Waals surface area contributed by atoms with E-state index in [1.54, 1.807) is 32.5 Å². The van der Waals surface area contributed by atoms with E-state index < -0.39 is 17.4 Å². The number of esters is 1. The maximum absolute atomic E-state index is 11.9. The Balaban J connectivity index is 2.25. The Morgan fingerprint density at radius 3 is 2.42 bits per heavy atom. The van der Waals surface area contributed by atoms with Crippen molar-refractivity contribution in [2.75, 3.05) is 37.8 Å². The monoisotopic (exact) mass is 482 g/mol. The Morgan fingerprint density at radius 2 is 1.79 bits per heavy atom. The lowest BCUT2D eigenvalue weighted by atomic mass is 9.87. The molecule has 0 aromatic heterocycles. The third-order valence-electron chi connectivity index (χ3n) is 5.22. The summed E-state index contributed by atoms with van der Waals surface area (Å²) in [5, 5.41) is 24.4. The number of ether oxygens (including phenoxy) is 1. The molecule has 9 heteroatoms. The number of aliphatic hydroxyl groups excluding tert-OH is 2. The molecule has 1 aromatic rings.